The number of ether oxygens (including phenoxy) is 2. The number of rotatable bonds is 9. The quantitative estimate of drug-likeness (QED) is 0.488. The van der Waals surface area contributed by atoms with Gasteiger partial charge in [-0.2, -0.15) is 11.8 Å². The summed E-state index contributed by atoms with van der Waals surface area (Å²) in [5, 5.41) is 8.51. The summed E-state index contributed by atoms with van der Waals surface area (Å²) in [6, 6.07) is 0. The van der Waals surface area contributed by atoms with Gasteiger partial charge in [-0.1, -0.05) is 0 Å². The van der Waals surface area contributed by atoms with Gasteiger partial charge >= 0.3 is 5.97 Å². The second-order valence-electron chi connectivity index (χ2n) is 4.14. The maximum absolute atomic E-state index is 11.2. The molecule has 4 nitrogen and oxygen atoms in total. The number of carbonyl (C=O) groups is 1. The number of carbonyl (C=O) groups excluding carboxylic acids is 1. The predicted octanol–water partition coefficient (Wildman–Crippen LogP) is 1.07. The minimum atomic E-state index is -0.102. The summed E-state index contributed by atoms with van der Waals surface area (Å²) in [5.41, 5.74) is 0.203. The first-order valence-electron chi connectivity index (χ1n) is 5.56. The van der Waals surface area contributed by atoms with E-state index in [2.05, 4.69) is 4.74 Å². The zero-order chi connectivity index (χ0) is 11.9. The van der Waals surface area contributed by atoms with Crippen molar-refractivity contribution in [2.75, 3.05) is 38.4 Å². The molecule has 1 rings (SSSR count). The normalized spacial score (nSPS) is 17.1. The number of thioether (sulfide) groups is 1. The Hall–Kier alpha value is -0.260. The van der Waals surface area contributed by atoms with Gasteiger partial charge in [-0.25, -0.2) is 0 Å². The van der Waals surface area contributed by atoms with Gasteiger partial charge in [0.25, 0.3) is 0 Å². The third kappa shape index (κ3) is 5.18. The average molecular weight is 248 g/mol. The molecule has 1 aliphatic carbocycles. The van der Waals surface area contributed by atoms with Crippen LogP contribution < -0.4 is 0 Å². The van der Waals surface area contributed by atoms with E-state index in [0.29, 0.717) is 19.6 Å². The van der Waals surface area contributed by atoms with Crippen molar-refractivity contribution in [3.63, 3.8) is 0 Å². The van der Waals surface area contributed by atoms with Crippen LogP contribution in [0.15, 0.2) is 0 Å². The lowest BCUT2D eigenvalue weighted by molar-refractivity contribution is -0.141. The fourth-order valence-electron chi connectivity index (χ4n) is 1.50. The van der Waals surface area contributed by atoms with Crippen LogP contribution in [0.25, 0.3) is 0 Å². The van der Waals surface area contributed by atoms with Crippen LogP contribution >= 0.6 is 11.8 Å². The summed E-state index contributed by atoms with van der Waals surface area (Å²) in [5.74, 6) is 1.82. The number of hydrogen-bond acceptors (Lipinski definition) is 5. The van der Waals surface area contributed by atoms with Crippen LogP contribution in [-0.2, 0) is 14.3 Å². The van der Waals surface area contributed by atoms with Gasteiger partial charge in [-0.15, -0.1) is 0 Å². The van der Waals surface area contributed by atoms with E-state index in [1.807, 2.05) is 11.8 Å². The monoisotopic (exact) mass is 248 g/mol. The first-order chi connectivity index (χ1) is 7.72. The van der Waals surface area contributed by atoms with E-state index in [1.165, 1.54) is 7.11 Å². The van der Waals surface area contributed by atoms with Crippen molar-refractivity contribution >= 4 is 17.7 Å². The van der Waals surface area contributed by atoms with E-state index in [0.717, 1.165) is 24.3 Å². The van der Waals surface area contributed by atoms with Crippen molar-refractivity contribution < 1.29 is 19.4 Å². The third-order valence-corrected chi connectivity index (χ3v) is 3.99. The van der Waals surface area contributed by atoms with Gasteiger partial charge in [-0.3, -0.25) is 4.79 Å². The molecule has 0 aliphatic heterocycles. The molecule has 0 amide bonds. The largest absolute Gasteiger partial charge is 0.469 e. The van der Waals surface area contributed by atoms with Crippen molar-refractivity contribution in [2.45, 2.75) is 19.3 Å². The maximum Gasteiger partial charge on any atom is 0.306 e. The van der Waals surface area contributed by atoms with Gasteiger partial charge in [0, 0.05) is 5.75 Å². The van der Waals surface area contributed by atoms with E-state index in [9.17, 15) is 4.79 Å². The van der Waals surface area contributed by atoms with Gasteiger partial charge in [0.05, 0.1) is 33.4 Å². The number of aliphatic hydroxyl groups is 1. The molecule has 0 aromatic rings. The molecule has 5 heteroatoms. The highest BCUT2D eigenvalue weighted by atomic mass is 32.2. The zero-order valence-electron chi connectivity index (χ0n) is 9.74. The van der Waals surface area contributed by atoms with Crippen molar-refractivity contribution in [3.05, 3.63) is 0 Å². The summed E-state index contributed by atoms with van der Waals surface area (Å²) in [7, 11) is 1.44. The Bertz CT molecular complexity index is 216. The van der Waals surface area contributed by atoms with Gasteiger partial charge in [0.2, 0.25) is 0 Å². The molecule has 0 aromatic heterocycles. The average Bonchev–Trinajstić information content (AvgIpc) is 3.03. The molecule has 0 radical (unpaired) electrons. The lowest BCUT2D eigenvalue weighted by Gasteiger charge is -2.12. The van der Waals surface area contributed by atoms with Gasteiger partial charge < -0.3 is 14.6 Å². The fraction of sp³-hybridized carbons (Fsp3) is 0.909. The molecule has 1 N–H and O–H groups in total. The second-order valence-corrected chi connectivity index (χ2v) is 5.25. The molecule has 0 atom stereocenters. The van der Waals surface area contributed by atoms with Gasteiger partial charge in [0.15, 0.2) is 0 Å². The molecule has 0 heterocycles. The molecule has 0 unspecified atom stereocenters. The van der Waals surface area contributed by atoms with E-state index < -0.39 is 0 Å². The van der Waals surface area contributed by atoms with Crippen molar-refractivity contribution in [1.29, 1.82) is 0 Å². The summed E-state index contributed by atoms with van der Waals surface area (Å²) >= 11 is 1.81. The standard InChI is InChI=1S/C11H20O4S/c1-14-10(13)8-11(2-3-11)9-16-7-6-15-5-4-12/h12H,2-9H2,1H3. The Kier molecular flexibility index (Phi) is 6.16. The second kappa shape index (κ2) is 7.14. The van der Waals surface area contributed by atoms with Gasteiger partial charge in [-0.05, 0) is 24.0 Å². The molecule has 94 valence electrons. The first kappa shape index (κ1) is 13.8. The highest BCUT2D eigenvalue weighted by Gasteiger charge is 2.44. The summed E-state index contributed by atoms with van der Waals surface area (Å²) < 4.78 is 9.84. The van der Waals surface area contributed by atoms with Crippen LogP contribution in [0, 0.1) is 5.41 Å². The summed E-state index contributed by atoms with van der Waals surface area (Å²) in [6.07, 6.45) is 2.81. The smallest absolute Gasteiger partial charge is 0.306 e. The van der Waals surface area contributed by atoms with Crippen molar-refractivity contribution in [3.8, 4) is 0 Å². The molecule has 1 aliphatic rings. The maximum atomic E-state index is 11.2. The molecule has 1 saturated carbocycles. The van der Waals surface area contributed by atoms with E-state index >= 15 is 0 Å². The summed E-state index contributed by atoms with van der Waals surface area (Å²) in [4.78, 5) is 11.2. The Morgan fingerprint density at radius 2 is 2.19 bits per heavy atom. The van der Waals surface area contributed by atoms with E-state index in [1.54, 1.807) is 0 Å². The number of esters is 1. The third-order valence-electron chi connectivity index (χ3n) is 2.72. The number of hydrogen-bond donors (Lipinski definition) is 1. The van der Waals surface area contributed by atoms with E-state index in [4.69, 9.17) is 9.84 Å². The highest BCUT2D eigenvalue weighted by molar-refractivity contribution is 7.99. The van der Waals surface area contributed by atoms with Gasteiger partial charge in [0.1, 0.15) is 0 Å². The molecule has 0 aromatic carbocycles. The highest BCUT2D eigenvalue weighted by Crippen LogP contribution is 2.51. The molecule has 0 spiro atoms. The molecular formula is C11H20O4S. The topological polar surface area (TPSA) is 55.8 Å². The van der Waals surface area contributed by atoms with Crippen molar-refractivity contribution in [1.82, 2.24) is 0 Å². The van der Waals surface area contributed by atoms with Crippen LogP contribution in [0.4, 0.5) is 0 Å². The molecule has 0 bridgehead atoms. The molecule has 16 heavy (non-hydrogen) atoms. The molecule has 0 saturated heterocycles. The lowest BCUT2D eigenvalue weighted by Crippen LogP contribution is -2.14. The lowest BCUT2D eigenvalue weighted by atomic mass is 10.1. The zero-order valence-corrected chi connectivity index (χ0v) is 10.6. The minimum Gasteiger partial charge on any atom is -0.469 e. The SMILES string of the molecule is COC(=O)CC1(CSCCOCCO)CC1. The minimum absolute atomic E-state index is 0.0803. The van der Waals surface area contributed by atoms with Crippen LogP contribution in [0.1, 0.15) is 19.3 Å². The first-order valence-corrected chi connectivity index (χ1v) is 6.71. The molecule has 1 fully saturated rings. The molecular weight excluding hydrogens is 228 g/mol. The van der Waals surface area contributed by atoms with Crippen molar-refractivity contribution in [2.24, 2.45) is 5.41 Å². The fourth-order valence-corrected chi connectivity index (χ4v) is 2.70. The summed E-state index contributed by atoms with van der Waals surface area (Å²) in [6.45, 7) is 1.16. The predicted molar refractivity (Wildman–Crippen MR) is 63.5 cm³/mol. The van der Waals surface area contributed by atoms with Crippen LogP contribution in [-0.4, -0.2) is 49.5 Å². The van der Waals surface area contributed by atoms with Crippen LogP contribution in [0.2, 0.25) is 0 Å². The Morgan fingerprint density at radius 3 is 2.75 bits per heavy atom. The van der Waals surface area contributed by atoms with Crippen LogP contribution in [0.5, 0.6) is 0 Å². The van der Waals surface area contributed by atoms with E-state index in [-0.39, 0.29) is 18.0 Å². The number of methoxy groups -OCH3 is 1. The number of aliphatic hydroxyl groups excluding tert-OH is 1. The Balaban J connectivity index is 2.01. The van der Waals surface area contributed by atoms with Crippen LogP contribution in [0.3, 0.4) is 0 Å². The Morgan fingerprint density at radius 1 is 1.44 bits per heavy atom. The Labute approximate surface area is 101 Å².